The zero-order chi connectivity index (χ0) is 23.9. The van der Waals surface area contributed by atoms with Gasteiger partial charge in [-0.25, -0.2) is 8.42 Å². The molecule has 0 fully saturated rings. The molecule has 0 saturated carbocycles. The minimum atomic E-state index is -3.63. The first-order valence-corrected chi connectivity index (χ1v) is 12.9. The summed E-state index contributed by atoms with van der Waals surface area (Å²) in [5, 5.41) is 1.72. The monoisotopic (exact) mass is 494 g/mol. The fraction of sp³-hybridized carbons (Fsp3) is 0.160. The van der Waals surface area contributed by atoms with Gasteiger partial charge in [-0.15, -0.1) is 11.3 Å². The van der Waals surface area contributed by atoms with Crippen molar-refractivity contribution in [2.24, 2.45) is 0 Å². The molecule has 7 nitrogen and oxygen atoms in total. The molecule has 0 radical (unpaired) electrons. The molecule has 2 aromatic heterocycles. The number of nitrogens with zero attached hydrogens (tertiary/aromatic N) is 1. The molecule has 1 aliphatic heterocycles. The summed E-state index contributed by atoms with van der Waals surface area (Å²) in [4.78, 5) is 13.3. The van der Waals surface area contributed by atoms with Crippen molar-refractivity contribution in [3.8, 4) is 17.2 Å². The number of thiophene rings is 1. The molecule has 1 atom stereocenters. The third-order valence-corrected chi connectivity index (χ3v) is 8.69. The number of Topliss-reactive ketones (excluding diaryl/α,β-unsaturated/α-hetero) is 1. The number of anilines is 1. The highest BCUT2D eigenvalue weighted by Crippen LogP contribution is 2.40. The van der Waals surface area contributed by atoms with Crippen LogP contribution < -0.4 is 14.2 Å². The van der Waals surface area contributed by atoms with E-state index in [0.29, 0.717) is 22.7 Å². The first kappa shape index (κ1) is 22.2. The highest BCUT2D eigenvalue weighted by Gasteiger charge is 2.30. The number of methoxy groups -OCH3 is 2. The van der Waals surface area contributed by atoms with Gasteiger partial charge in [0.1, 0.15) is 4.21 Å². The summed E-state index contributed by atoms with van der Waals surface area (Å²) in [5.41, 5.74) is 3.65. The van der Waals surface area contributed by atoms with Gasteiger partial charge in [-0.1, -0.05) is 18.2 Å². The third kappa shape index (κ3) is 3.86. The van der Waals surface area contributed by atoms with Gasteiger partial charge < -0.3 is 14.0 Å². The number of ketones is 1. The molecular formula is C25H22N2O5S2. The molecule has 1 N–H and O–H groups in total. The summed E-state index contributed by atoms with van der Waals surface area (Å²) in [5.74, 6) is 0.848. The number of nitrogens with one attached hydrogen (secondary N) is 1. The molecule has 0 amide bonds. The van der Waals surface area contributed by atoms with Crippen LogP contribution in [0.15, 0.2) is 76.4 Å². The number of rotatable bonds is 6. The second kappa shape index (κ2) is 8.66. The molecule has 9 heteroatoms. The molecule has 0 unspecified atom stereocenters. The third-order valence-electron chi connectivity index (χ3n) is 5.91. The van der Waals surface area contributed by atoms with Crippen molar-refractivity contribution < 1.29 is 22.7 Å². The van der Waals surface area contributed by atoms with Gasteiger partial charge in [-0.3, -0.25) is 9.52 Å². The van der Waals surface area contributed by atoms with Crippen LogP contribution in [0.25, 0.3) is 5.69 Å². The van der Waals surface area contributed by atoms with Crippen molar-refractivity contribution >= 4 is 32.8 Å². The van der Waals surface area contributed by atoms with Crippen LogP contribution in [0.3, 0.4) is 0 Å². The first-order valence-electron chi connectivity index (χ1n) is 10.5. The number of aromatic nitrogens is 1. The Hall–Kier alpha value is -3.56. The number of sulfonamides is 1. The van der Waals surface area contributed by atoms with Crippen molar-refractivity contribution in [1.82, 2.24) is 4.57 Å². The van der Waals surface area contributed by atoms with Crippen LogP contribution in [-0.2, 0) is 10.0 Å². The van der Waals surface area contributed by atoms with Crippen LogP contribution in [0.4, 0.5) is 5.69 Å². The highest BCUT2D eigenvalue weighted by molar-refractivity contribution is 7.94. The Morgan fingerprint density at radius 1 is 1.00 bits per heavy atom. The number of carbonyl (C=O) groups is 1. The summed E-state index contributed by atoms with van der Waals surface area (Å²) in [6, 6.07) is 17.9. The molecule has 2 aromatic carbocycles. The molecule has 0 aliphatic carbocycles. The van der Waals surface area contributed by atoms with E-state index in [1.807, 2.05) is 41.1 Å². The molecule has 3 heterocycles. The van der Waals surface area contributed by atoms with E-state index in [9.17, 15) is 13.2 Å². The number of benzene rings is 2. The second-order valence-corrected chi connectivity index (χ2v) is 10.7. The lowest BCUT2D eigenvalue weighted by Gasteiger charge is -2.17. The van der Waals surface area contributed by atoms with Gasteiger partial charge >= 0.3 is 0 Å². The van der Waals surface area contributed by atoms with Crippen LogP contribution in [0.5, 0.6) is 11.5 Å². The zero-order valence-corrected chi connectivity index (χ0v) is 20.2. The maximum Gasteiger partial charge on any atom is 0.271 e. The number of carbonyl (C=O) groups excluding carboxylic acids is 1. The lowest BCUT2D eigenvalue weighted by molar-refractivity contribution is 0.0979. The molecule has 4 aromatic rings. The van der Waals surface area contributed by atoms with E-state index >= 15 is 0 Å². The van der Waals surface area contributed by atoms with Gasteiger partial charge in [0.2, 0.25) is 0 Å². The molecule has 0 saturated heterocycles. The average Bonchev–Trinajstić information content (AvgIpc) is 3.53. The quantitative estimate of drug-likeness (QED) is 0.404. The maximum atomic E-state index is 13.3. The summed E-state index contributed by atoms with van der Waals surface area (Å²) in [7, 11) is -0.514. The largest absolute Gasteiger partial charge is 0.493 e. The number of hydrogen-bond acceptors (Lipinski definition) is 6. The Balaban J connectivity index is 1.50. The van der Waals surface area contributed by atoms with E-state index < -0.39 is 10.0 Å². The van der Waals surface area contributed by atoms with E-state index in [-0.39, 0.29) is 22.3 Å². The van der Waals surface area contributed by atoms with Gasteiger partial charge in [0, 0.05) is 41.5 Å². The Kier molecular flexibility index (Phi) is 5.66. The fourth-order valence-electron chi connectivity index (χ4n) is 4.28. The minimum absolute atomic E-state index is 0.00729. The van der Waals surface area contributed by atoms with Gasteiger partial charge in [0.15, 0.2) is 17.3 Å². The van der Waals surface area contributed by atoms with E-state index in [0.717, 1.165) is 28.3 Å². The van der Waals surface area contributed by atoms with Crippen LogP contribution in [0, 0.1) is 0 Å². The zero-order valence-electron chi connectivity index (χ0n) is 18.5. The summed E-state index contributed by atoms with van der Waals surface area (Å²) in [6.07, 6.45) is 2.20. The Morgan fingerprint density at radius 2 is 1.74 bits per heavy atom. The standard InChI is InChI=1S/C25H22N2O5S2/c1-31-23-14-19-21(15-24(23)32-2)27-11-3-5-20(27)18(13-22(19)28)16-7-9-17(10-8-16)26-34(29,30)25-6-4-12-33-25/h3-12,14-15,18,26H,13H2,1-2H3/t18-/m0/s1. The Bertz CT molecular complexity index is 1460. The average molecular weight is 495 g/mol. The predicted octanol–water partition coefficient (Wildman–Crippen LogP) is 5.08. The fourth-order valence-corrected chi connectivity index (χ4v) is 6.33. The second-order valence-electron chi connectivity index (χ2n) is 7.87. The van der Waals surface area contributed by atoms with Crippen molar-refractivity contribution in [3.63, 3.8) is 0 Å². The predicted molar refractivity (Wildman–Crippen MR) is 131 cm³/mol. The summed E-state index contributed by atoms with van der Waals surface area (Å²) < 4.78 is 40.8. The first-order chi connectivity index (χ1) is 16.4. The van der Waals surface area contributed by atoms with Crippen molar-refractivity contribution in [3.05, 3.63) is 89.1 Å². The molecule has 5 rings (SSSR count). The summed E-state index contributed by atoms with van der Waals surface area (Å²) >= 11 is 1.16. The van der Waals surface area contributed by atoms with Gasteiger partial charge in [-0.05, 0) is 47.3 Å². The minimum Gasteiger partial charge on any atom is -0.493 e. The van der Waals surface area contributed by atoms with Gasteiger partial charge in [0.05, 0.1) is 19.9 Å². The van der Waals surface area contributed by atoms with E-state index in [1.165, 1.54) is 0 Å². The number of fused-ring (bicyclic) bond motifs is 3. The van der Waals surface area contributed by atoms with Gasteiger partial charge in [-0.2, -0.15) is 0 Å². The highest BCUT2D eigenvalue weighted by atomic mass is 32.2. The van der Waals surface area contributed by atoms with Crippen molar-refractivity contribution in [2.45, 2.75) is 16.5 Å². The Morgan fingerprint density at radius 3 is 2.41 bits per heavy atom. The topological polar surface area (TPSA) is 86.6 Å². The molecule has 0 spiro atoms. The molecule has 174 valence electrons. The van der Waals surface area contributed by atoms with E-state index in [2.05, 4.69) is 4.72 Å². The van der Waals surface area contributed by atoms with Crippen molar-refractivity contribution in [2.75, 3.05) is 18.9 Å². The smallest absolute Gasteiger partial charge is 0.271 e. The van der Waals surface area contributed by atoms with Crippen molar-refractivity contribution in [1.29, 1.82) is 0 Å². The lowest BCUT2D eigenvalue weighted by atomic mass is 9.90. The Labute approximate surface area is 201 Å². The number of hydrogen-bond donors (Lipinski definition) is 1. The summed E-state index contributed by atoms with van der Waals surface area (Å²) in [6.45, 7) is 0. The van der Waals surface area contributed by atoms with E-state index in [4.69, 9.17) is 9.47 Å². The van der Waals surface area contributed by atoms with Crippen LogP contribution in [-0.4, -0.2) is 33.0 Å². The molecule has 34 heavy (non-hydrogen) atoms. The van der Waals surface area contributed by atoms with Crippen LogP contribution in [0.1, 0.15) is 34.0 Å². The molecule has 0 bridgehead atoms. The maximum absolute atomic E-state index is 13.3. The normalized spacial score (nSPS) is 15.2. The van der Waals surface area contributed by atoms with E-state index in [1.54, 1.807) is 49.9 Å². The molecule has 1 aliphatic rings. The van der Waals surface area contributed by atoms with Crippen LogP contribution in [0.2, 0.25) is 0 Å². The van der Waals surface area contributed by atoms with Crippen LogP contribution >= 0.6 is 11.3 Å². The molecular weight excluding hydrogens is 472 g/mol. The number of ether oxygens (including phenoxy) is 2. The lowest BCUT2D eigenvalue weighted by Crippen LogP contribution is -2.12. The van der Waals surface area contributed by atoms with Gasteiger partial charge in [0.25, 0.3) is 10.0 Å². The SMILES string of the molecule is COc1cc2c(cc1OC)-n1cccc1[C@H](c1ccc(NS(=O)(=O)c3cccs3)cc1)CC2=O.